The minimum absolute atomic E-state index is 0. The van der Waals surface area contributed by atoms with Crippen LogP contribution in [0.5, 0.6) is 0 Å². The molecule has 1 aliphatic rings. The van der Waals surface area contributed by atoms with Crippen LogP contribution < -0.4 is 5.73 Å². The molecule has 1 atom stereocenters. The van der Waals surface area contributed by atoms with Gasteiger partial charge in [0.25, 0.3) is 0 Å². The van der Waals surface area contributed by atoms with E-state index in [1.807, 2.05) is 0 Å². The smallest absolute Gasteiger partial charge is 0.0326 e. The van der Waals surface area contributed by atoms with Gasteiger partial charge >= 0.3 is 0 Å². The Morgan fingerprint density at radius 1 is 1.12 bits per heavy atom. The lowest BCUT2D eigenvalue weighted by molar-refractivity contribution is 0.307. The lowest BCUT2D eigenvalue weighted by Gasteiger charge is -2.28. The zero-order valence-corrected chi connectivity index (χ0v) is 11.7. The molecule has 1 nitrogen and oxygen atoms in total. The lowest BCUT2D eigenvalue weighted by atomic mass is 9.80. The van der Waals surface area contributed by atoms with Crippen LogP contribution in [0, 0.1) is 19.8 Å². The highest BCUT2D eigenvalue weighted by atomic mass is 35.5. The van der Waals surface area contributed by atoms with E-state index in [0.29, 0.717) is 5.92 Å². The fourth-order valence-corrected chi connectivity index (χ4v) is 2.95. The van der Waals surface area contributed by atoms with Crippen LogP contribution in [0.15, 0.2) is 18.2 Å². The maximum atomic E-state index is 6.42. The average Bonchev–Trinajstić information content (AvgIpc) is 2.29. The number of aryl methyl sites for hydroxylation is 2. The van der Waals surface area contributed by atoms with Crippen LogP contribution in [0.25, 0.3) is 0 Å². The van der Waals surface area contributed by atoms with Crippen molar-refractivity contribution in [3.05, 3.63) is 34.9 Å². The molecule has 2 N–H and O–H groups in total. The molecule has 0 aromatic heterocycles. The maximum absolute atomic E-state index is 6.42. The van der Waals surface area contributed by atoms with Crippen molar-refractivity contribution in [1.29, 1.82) is 0 Å². The molecule has 1 saturated carbocycles. The molecular weight excluding hydrogens is 230 g/mol. The van der Waals surface area contributed by atoms with Gasteiger partial charge in [0, 0.05) is 6.04 Å². The lowest BCUT2D eigenvalue weighted by Crippen LogP contribution is -2.24. The number of hydrogen-bond donors (Lipinski definition) is 1. The summed E-state index contributed by atoms with van der Waals surface area (Å²) in [5, 5.41) is 0. The highest BCUT2D eigenvalue weighted by Crippen LogP contribution is 2.34. The first kappa shape index (κ1) is 14.5. The van der Waals surface area contributed by atoms with Gasteiger partial charge in [-0.2, -0.15) is 0 Å². The topological polar surface area (TPSA) is 26.0 Å². The minimum Gasteiger partial charge on any atom is -0.324 e. The van der Waals surface area contributed by atoms with E-state index in [0.717, 1.165) is 0 Å². The molecule has 0 heterocycles. The highest BCUT2D eigenvalue weighted by Gasteiger charge is 2.22. The predicted octanol–water partition coefficient (Wildman–Crippen LogP) is 4.31. The molecular formula is C15H24ClN. The van der Waals surface area contributed by atoms with Crippen molar-refractivity contribution in [1.82, 2.24) is 0 Å². The molecule has 96 valence electrons. The minimum atomic E-state index is 0. The Balaban J connectivity index is 0.00000144. The Hall–Kier alpha value is -0.530. The molecule has 0 unspecified atom stereocenters. The maximum Gasteiger partial charge on any atom is 0.0326 e. The van der Waals surface area contributed by atoms with Crippen molar-refractivity contribution in [3.8, 4) is 0 Å². The van der Waals surface area contributed by atoms with Crippen molar-refractivity contribution in [2.45, 2.75) is 52.0 Å². The van der Waals surface area contributed by atoms with Gasteiger partial charge in [-0.25, -0.2) is 0 Å². The summed E-state index contributed by atoms with van der Waals surface area (Å²) in [5.74, 6) is 0.704. The van der Waals surface area contributed by atoms with E-state index in [4.69, 9.17) is 5.73 Å². The summed E-state index contributed by atoms with van der Waals surface area (Å²) in [6.45, 7) is 4.33. The summed E-state index contributed by atoms with van der Waals surface area (Å²) >= 11 is 0. The molecule has 17 heavy (non-hydrogen) atoms. The van der Waals surface area contributed by atoms with Gasteiger partial charge in [-0.3, -0.25) is 0 Å². The molecule has 0 aliphatic heterocycles. The predicted molar refractivity (Wildman–Crippen MR) is 76.7 cm³/mol. The first-order chi connectivity index (χ1) is 7.68. The summed E-state index contributed by atoms with van der Waals surface area (Å²) in [5.41, 5.74) is 10.5. The SMILES string of the molecule is Cc1ccc([C@@H](N)C2CCCCC2)c(C)c1.Cl. The second kappa shape index (κ2) is 6.42. The number of rotatable bonds is 2. The molecule has 1 aliphatic carbocycles. The van der Waals surface area contributed by atoms with Gasteiger partial charge in [-0.05, 0) is 43.7 Å². The quantitative estimate of drug-likeness (QED) is 0.835. The average molecular weight is 254 g/mol. The molecule has 0 spiro atoms. The van der Waals surface area contributed by atoms with Crippen molar-refractivity contribution >= 4 is 12.4 Å². The van der Waals surface area contributed by atoms with E-state index in [1.54, 1.807) is 0 Å². The van der Waals surface area contributed by atoms with E-state index >= 15 is 0 Å². The molecule has 1 aromatic carbocycles. The monoisotopic (exact) mass is 253 g/mol. The van der Waals surface area contributed by atoms with Crippen LogP contribution in [0.2, 0.25) is 0 Å². The second-order valence-corrected chi connectivity index (χ2v) is 5.28. The van der Waals surface area contributed by atoms with E-state index in [9.17, 15) is 0 Å². The van der Waals surface area contributed by atoms with Gasteiger partial charge in [0.15, 0.2) is 0 Å². The third-order valence-corrected chi connectivity index (χ3v) is 3.94. The number of hydrogen-bond acceptors (Lipinski definition) is 1. The molecule has 0 amide bonds. The van der Waals surface area contributed by atoms with E-state index in [2.05, 4.69) is 32.0 Å². The van der Waals surface area contributed by atoms with Crippen molar-refractivity contribution in [2.24, 2.45) is 11.7 Å². The third-order valence-electron chi connectivity index (χ3n) is 3.94. The first-order valence-electron chi connectivity index (χ1n) is 6.51. The van der Waals surface area contributed by atoms with E-state index in [-0.39, 0.29) is 18.4 Å². The van der Waals surface area contributed by atoms with Gasteiger partial charge in [-0.1, -0.05) is 43.0 Å². The van der Waals surface area contributed by atoms with Crippen LogP contribution in [-0.4, -0.2) is 0 Å². The second-order valence-electron chi connectivity index (χ2n) is 5.28. The van der Waals surface area contributed by atoms with Crippen molar-refractivity contribution < 1.29 is 0 Å². The highest BCUT2D eigenvalue weighted by molar-refractivity contribution is 5.85. The molecule has 0 bridgehead atoms. The van der Waals surface area contributed by atoms with Gasteiger partial charge in [0.2, 0.25) is 0 Å². The molecule has 0 radical (unpaired) electrons. The summed E-state index contributed by atoms with van der Waals surface area (Å²) in [6.07, 6.45) is 6.76. The Bertz CT molecular complexity index is 356. The van der Waals surface area contributed by atoms with Gasteiger partial charge in [0.1, 0.15) is 0 Å². The van der Waals surface area contributed by atoms with E-state index in [1.165, 1.54) is 48.8 Å². The van der Waals surface area contributed by atoms with Gasteiger partial charge in [0.05, 0.1) is 0 Å². The van der Waals surface area contributed by atoms with Crippen molar-refractivity contribution in [2.75, 3.05) is 0 Å². The molecule has 2 rings (SSSR count). The Morgan fingerprint density at radius 2 is 1.76 bits per heavy atom. The molecule has 0 saturated heterocycles. The number of benzene rings is 1. The van der Waals surface area contributed by atoms with Crippen LogP contribution >= 0.6 is 12.4 Å². The first-order valence-corrected chi connectivity index (χ1v) is 6.51. The van der Waals surface area contributed by atoms with Crippen LogP contribution in [0.1, 0.15) is 54.8 Å². The number of nitrogens with two attached hydrogens (primary N) is 1. The Kier molecular flexibility index (Phi) is 5.48. The summed E-state index contributed by atoms with van der Waals surface area (Å²) in [7, 11) is 0. The van der Waals surface area contributed by atoms with Crippen LogP contribution in [0.3, 0.4) is 0 Å². The van der Waals surface area contributed by atoms with Gasteiger partial charge < -0.3 is 5.73 Å². The summed E-state index contributed by atoms with van der Waals surface area (Å²) < 4.78 is 0. The standard InChI is InChI=1S/C15H23N.ClH/c1-11-8-9-14(12(2)10-11)15(16)13-6-4-3-5-7-13;/h8-10,13,15H,3-7,16H2,1-2H3;1H/t15-;/m0./s1. The Labute approximate surface area is 111 Å². The summed E-state index contributed by atoms with van der Waals surface area (Å²) in [6, 6.07) is 6.91. The largest absolute Gasteiger partial charge is 0.324 e. The summed E-state index contributed by atoms with van der Waals surface area (Å²) in [4.78, 5) is 0. The fraction of sp³-hybridized carbons (Fsp3) is 0.600. The normalized spacial score (nSPS) is 18.5. The van der Waals surface area contributed by atoms with Crippen LogP contribution in [-0.2, 0) is 0 Å². The fourth-order valence-electron chi connectivity index (χ4n) is 2.95. The zero-order valence-electron chi connectivity index (χ0n) is 10.9. The number of halogens is 1. The molecule has 1 aromatic rings. The zero-order chi connectivity index (χ0) is 11.5. The van der Waals surface area contributed by atoms with Crippen LogP contribution in [0.4, 0.5) is 0 Å². The molecule has 1 fully saturated rings. The van der Waals surface area contributed by atoms with Crippen molar-refractivity contribution in [3.63, 3.8) is 0 Å². The molecule has 2 heteroatoms. The van der Waals surface area contributed by atoms with Gasteiger partial charge in [-0.15, -0.1) is 12.4 Å². The third kappa shape index (κ3) is 3.46. The van der Waals surface area contributed by atoms with E-state index < -0.39 is 0 Å². The Morgan fingerprint density at radius 3 is 2.35 bits per heavy atom.